The molecule has 20 heavy (non-hydrogen) atoms. The summed E-state index contributed by atoms with van der Waals surface area (Å²) in [4.78, 5) is 25.4. The van der Waals surface area contributed by atoms with Crippen LogP contribution in [0, 0.1) is 5.92 Å². The number of rotatable bonds is 6. The Bertz CT molecular complexity index is 358. The first-order valence-corrected chi connectivity index (χ1v) is 8.54. The van der Waals surface area contributed by atoms with E-state index in [1.165, 1.54) is 0 Å². The maximum atomic E-state index is 12.4. The minimum atomic E-state index is -0.869. The predicted octanol–water partition coefficient (Wildman–Crippen LogP) is 1.53. The SMILES string of the molecule is CCCC1SCC(C(=O)O)N1C(=O)CCC1CCNC1. The van der Waals surface area contributed by atoms with E-state index < -0.39 is 12.0 Å². The van der Waals surface area contributed by atoms with E-state index in [9.17, 15) is 14.7 Å². The molecule has 2 N–H and O–H groups in total. The maximum Gasteiger partial charge on any atom is 0.327 e. The molecule has 114 valence electrons. The van der Waals surface area contributed by atoms with Gasteiger partial charge in [-0.3, -0.25) is 4.79 Å². The monoisotopic (exact) mass is 300 g/mol. The highest BCUT2D eigenvalue weighted by Gasteiger charge is 2.40. The number of amides is 1. The van der Waals surface area contributed by atoms with Crippen LogP contribution in [-0.2, 0) is 9.59 Å². The molecule has 1 amide bonds. The number of aliphatic carboxylic acids is 1. The lowest BCUT2D eigenvalue weighted by atomic mass is 10.0. The summed E-state index contributed by atoms with van der Waals surface area (Å²) in [6.45, 7) is 4.10. The second-order valence-corrected chi connectivity index (χ2v) is 6.84. The number of carboxylic acids is 1. The van der Waals surface area contributed by atoms with E-state index in [4.69, 9.17) is 0 Å². The van der Waals surface area contributed by atoms with Gasteiger partial charge in [-0.25, -0.2) is 4.79 Å². The van der Waals surface area contributed by atoms with Crippen molar-refractivity contribution in [1.29, 1.82) is 0 Å². The minimum Gasteiger partial charge on any atom is -0.480 e. The van der Waals surface area contributed by atoms with Crippen LogP contribution in [0.1, 0.15) is 39.0 Å². The molecule has 2 heterocycles. The second kappa shape index (κ2) is 7.31. The lowest BCUT2D eigenvalue weighted by Crippen LogP contribution is -2.45. The summed E-state index contributed by atoms with van der Waals surface area (Å²) in [5.41, 5.74) is 0. The molecule has 0 aliphatic carbocycles. The standard InChI is InChI=1S/C14H24N2O3S/c1-2-3-13-16(11(9-20-13)14(18)19)12(17)5-4-10-6-7-15-8-10/h10-11,13,15H,2-9H2,1H3,(H,18,19). The van der Waals surface area contributed by atoms with Gasteiger partial charge in [0.25, 0.3) is 0 Å². The van der Waals surface area contributed by atoms with Crippen LogP contribution in [0.15, 0.2) is 0 Å². The Balaban J connectivity index is 1.93. The van der Waals surface area contributed by atoms with Crippen LogP contribution in [0.3, 0.4) is 0 Å². The molecule has 0 saturated carbocycles. The van der Waals surface area contributed by atoms with E-state index in [-0.39, 0.29) is 11.3 Å². The molecule has 3 unspecified atom stereocenters. The molecule has 5 nitrogen and oxygen atoms in total. The fourth-order valence-corrected chi connectivity index (χ4v) is 4.51. The molecule has 2 rings (SSSR count). The molecule has 0 radical (unpaired) electrons. The lowest BCUT2D eigenvalue weighted by Gasteiger charge is -2.27. The Morgan fingerprint density at radius 1 is 1.40 bits per heavy atom. The summed E-state index contributed by atoms with van der Waals surface area (Å²) in [6.07, 6.45) is 4.34. The van der Waals surface area contributed by atoms with Crippen molar-refractivity contribution in [2.75, 3.05) is 18.8 Å². The van der Waals surface area contributed by atoms with Gasteiger partial charge in [-0.15, -0.1) is 11.8 Å². The topological polar surface area (TPSA) is 69.6 Å². The van der Waals surface area contributed by atoms with Gasteiger partial charge in [0.15, 0.2) is 0 Å². The van der Waals surface area contributed by atoms with Gasteiger partial charge in [-0.1, -0.05) is 13.3 Å². The molecule has 2 saturated heterocycles. The Kier molecular flexibility index (Phi) is 5.72. The molecule has 0 spiro atoms. The zero-order valence-electron chi connectivity index (χ0n) is 12.0. The van der Waals surface area contributed by atoms with E-state index in [1.807, 2.05) is 0 Å². The zero-order valence-corrected chi connectivity index (χ0v) is 12.8. The van der Waals surface area contributed by atoms with Gasteiger partial charge >= 0.3 is 5.97 Å². The molecular formula is C14H24N2O3S. The highest BCUT2D eigenvalue weighted by molar-refractivity contribution is 8.00. The molecule has 0 aromatic heterocycles. The third-order valence-corrected chi connectivity index (χ3v) is 5.49. The van der Waals surface area contributed by atoms with Crippen molar-refractivity contribution in [3.8, 4) is 0 Å². The van der Waals surface area contributed by atoms with Gasteiger partial charge in [0.05, 0.1) is 5.37 Å². The molecule has 0 aromatic rings. The average molecular weight is 300 g/mol. The molecular weight excluding hydrogens is 276 g/mol. The van der Waals surface area contributed by atoms with E-state index in [0.29, 0.717) is 18.1 Å². The highest BCUT2D eigenvalue weighted by Crippen LogP contribution is 2.33. The fourth-order valence-electron chi connectivity index (χ4n) is 2.98. The smallest absolute Gasteiger partial charge is 0.327 e. The van der Waals surface area contributed by atoms with Crippen molar-refractivity contribution in [3.05, 3.63) is 0 Å². The number of carbonyl (C=O) groups excluding carboxylic acids is 1. The number of thioether (sulfide) groups is 1. The summed E-state index contributed by atoms with van der Waals surface area (Å²) < 4.78 is 0. The van der Waals surface area contributed by atoms with Crippen LogP contribution in [0.5, 0.6) is 0 Å². The first-order chi connectivity index (χ1) is 9.63. The first-order valence-electron chi connectivity index (χ1n) is 7.49. The van der Waals surface area contributed by atoms with Crippen LogP contribution in [0.25, 0.3) is 0 Å². The van der Waals surface area contributed by atoms with E-state index in [1.54, 1.807) is 16.7 Å². The van der Waals surface area contributed by atoms with E-state index in [2.05, 4.69) is 12.2 Å². The van der Waals surface area contributed by atoms with Gasteiger partial charge in [0.2, 0.25) is 5.91 Å². The van der Waals surface area contributed by atoms with E-state index in [0.717, 1.165) is 38.8 Å². The molecule has 2 fully saturated rings. The molecule has 0 aromatic carbocycles. The van der Waals surface area contributed by atoms with Crippen molar-refractivity contribution in [2.24, 2.45) is 5.92 Å². The van der Waals surface area contributed by atoms with Gasteiger partial charge < -0.3 is 15.3 Å². The lowest BCUT2D eigenvalue weighted by molar-refractivity contribution is -0.149. The largest absolute Gasteiger partial charge is 0.480 e. The van der Waals surface area contributed by atoms with Crippen molar-refractivity contribution < 1.29 is 14.7 Å². The molecule has 2 aliphatic rings. The minimum absolute atomic E-state index is 0.0211. The van der Waals surface area contributed by atoms with Gasteiger partial charge in [-0.05, 0) is 38.3 Å². The maximum absolute atomic E-state index is 12.4. The number of carbonyl (C=O) groups is 2. The van der Waals surface area contributed by atoms with Crippen molar-refractivity contribution in [1.82, 2.24) is 10.2 Å². The van der Waals surface area contributed by atoms with E-state index >= 15 is 0 Å². The number of nitrogens with one attached hydrogen (secondary N) is 1. The molecule has 6 heteroatoms. The number of hydrogen-bond acceptors (Lipinski definition) is 4. The highest BCUT2D eigenvalue weighted by atomic mass is 32.2. The van der Waals surface area contributed by atoms with Crippen molar-refractivity contribution in [3.63, 3.8) is 0 Å². The van der Waals surface area contributed by atoms with Crippen LogP contribution in [0.4, 0.5) is 0 Å². The molecule has 3 atom stereocenters. The van der Waals surface area contributed by atoms with Gasteiger partial charge in [0, 0.05) is 12.2 Å². The van der Waals surface area contributed by atoms with Crippen LogP contribution in [-0.4, -0.2) is 52.1 Å². The van der Waals surface area contributed by atoms with Crippen LogP contribution < -0.4 is 5.32 Å². The van der Waals surface area contributed by atoms with Gasteiger partial charge in [-0.2, -0.15) is 0 Å². The summed E-state index contributed by atoms with van der Waals surface area (Å²) in [6, 6.07) is -0.634. The summed E-state index contributed by atoms with van der Waals surface area (Å²) >= 11 is 1.61. The normalized spacial score (nSPS) is 29.9. The molecule has 0 bridgehead atoms. The van der Waals surface area contributed by atoms with Crippen LogP contribution in [0.2, 0.25) is 0 Å². The van der Waals surface area contributed by atoms with Crippen LogP contribution >= 0.6 is 11.8 Å². The quantitative estimate of drug-likeness (QED) is 0.778. The first kappa shape index (κ1) is 15.6. The Morgan fingerprint density at radius 3 is 2.80 bits per heavy atom. The molecule has 2 aliphatic heterocycles. The second-order valence-electron chi connectivity index (χ2n) is 5.63. The Labute approximate surface area is 124 Å². The third kappa shape index (κ3) is 3.67. The summed E-state index contributed by atoms with van der Waals surface area (Å²) in [5, 5.41) is 12.6. The van der Waals surface area contributed by atoms with Crippen molar-refractivity contribution >= 4 is 23.6 Å². The Hall–Kier alpha value is -0.750. The van der Waals surface area contributed by atoms with Crippen molar-refractivity contribution in [2.45, 2.75) is 50.4 Å². The fraction of sp³-hybridized carbons (Fsp3) is 0.857. The zero-order chi connectivity index (χ0) is 14.5. The predicted molar refractivity (Wildman–Crippen MR) is 79.6 cm³/mol. The Morgan fingerprint density at radius 2 is 2.20 bits per heavy atom. The number of hydrogen-bond donors (Lipinski definition) is 2. The summed E-state index contributed by atoms with van der Waals surface area (Å²) in [7, 11) is 0. The number of nitrogens with zero attached hydrogens (tertiary/aromatic N) is 1. The average Bonchev–Trinajstić information content (AvgIpc) is 3.05. The summed E-state index contributed by atoms with van der Waals surface area (Å²) in [5.74, 6) is 0.248. The van der Waals surface area contributed by atoms with Gasteiger partial charge in [0.1, 0.15) is 6.04 Å². The third-order valence-electron chi connectivity index (χ3n) is 4.13. The number of carboxylic acid groups (broad SMARTS) is 1.